The number of nitrogens with one attached hydrogen (secondary N) is 4. The van der Waals surface area contributed by atoms with E-state index >= 15 is 0 Å². The van der Waals surface area contributed by atoms with Gasteiger partial charge in [-0.25, -0.2) is 9.78 Å². The SMILES string of the molecule is CCC(C)C(NC(=O)C(Cc1cnc[nH]1)NC(=O)C(CCCN=C(N)N)NC(=O)C(N)CC(C)C)C(=O)O. The van der Waals surface area contributed by atoms with Gasteiger partial charge < -0.3 is 43.2 Å². The van der Waals surface area contributed by atoms with Gasteiger partial charge >= 0.3 is 5.97 Å². The van der Waals surface area contributed by atoms with Crippen LogP contribution in [0.4, 0.5) is 0 Å². The molecular weight excluding hydrogens is 494 g/mol. The number of nitrogens with two attached hydrogens (primary N) is 3. The van der Waals surface area contributed by atoms with Gasteiger partial charge in [0.15, 0.2) is 5.96 Å². The van der Waals surface area contributed by atoms with Crippen LogP contribution in [0, 0.1) is 11.8 Å². The molecule has 1 rings (SSSR count). The molecule has 11 N–H and O–H groups in total. The standard InChI is InChI=1S/C24H43N9O5/c1-5-14(4)19(23(37)38)33-22(36)18(10-15-11-28-12-30-15)32-21(35)17(7-6-8-29-24(26)27)31-20(34)16(25)9-13(2)3/h11-14,16-19H,5-10,25H2,1-4H3,(H,28,30)(H,31,34)(H,32,35)(H,33,36)(H,37,38)(H4,26,27,29). The molecule has 5 atom stereocenters. The van der Waals surface area contributed by atoms with Crippen molar-refractivity contribution in [1.29, 1.82) is 0 Å². The van der Waals surface area contributed by atoms with E-state index in [-0.39, 0.29) is 37.2 Å². The smallest absolute Gasteiger partial charge is 0.326 e. The average Bonchev–Trinajstić information content (AvgIpc) is 3.35. The van der Waals surface area contributed by atoms with Crippen LogP contribution in [-0.2, 0) is 25.6 Å². The molecule has 14 nitrogen and oxygen atoms in total. The van der Waals surface area contributed by atoms with E-state index < -0.39 is 47.9 Å². The molecule has 0 saturated carbocycles. The summed E-state index contributed by atoms with van der Waals surface area (Å²) in [6.45, 7) is 7.61. The lowest BCUT2D eigenvalue weighted by molar-refractivity contribution is -0.143. The zero-order chi connectivity index (χ0) is 28.8. The summed E-state index contributed by atoms with van der Waals surface area (Å²) in [5, 5.41) is 17.5. The summed E-state index contributed by atoms with van der Waals surface area (Å²) in [5.74, 6) is -3.26. The Kier molecular flexibility index (Phi) is 13.8. The van der Waals surface area contributed by atoms with Crippen molar-refractivity contribution in [3.63, 3.8) is 0 Å². The maximum absolute atomic E-state index is 13.3. The number of guanidine groups is 1. The predicted molar refractivity (Wildman–Crippen MR) is 143 cm³/mol. The van der Waals surface area contributed by atoms with E-state index in [9.17, 15) is 24.3 Å². The number of carboxylic acids is 1. The number of aromatic nitrogens is 2. The number of imidazole rings is 1. The number of carbonyl (C=O) groups is 4. The van der Waals surface area contributed by atoms with E-state index in [1.807, 2.05) is 20.8 Å². The molecule has 0 aromatic carbocycles. The van der Waals surface area contributed by atoms with Gasteiger partial charge in [-0.2, -0.15) is 0 Å². The molecule has 3 amide bonds. The molecule has 1 aromatic heterocycles. The molecule has 0 bridgehead atoms. The summed E-state index contributed by atoms with van der Waals surface area (Å²) in [5.41, 5.74) is 17.3. The van der Waals surface area contributed by atoms with Gasteiger partial charge in [-0.1, -0.05) is 34.1 Å². The number of rotatable bonds is 17. The maximum Gasteiger partial charge on any atom is 0.326 e. The van der Waals surface area contributed by atoms with Crippen LogP contribution in [0.2, 0.25) is 0 Å². The quantitative estimate of drug-likeness (QED) is 0.0686. The van der Waals surface area contributed by atoms with Crippen LogP contribution in [0.3, 0.4) is 0 Å². The fourth-order valence-electron chi connectivity index (χ4n) is 3.70. The van der Waals surface area contributed by atoms with Crippen molar-refractivity contribution in [2.45, 2.75) is 84.0 Å². The normalized spacial score (nSPS) is 15.0. The molecule has 14 heteroatoms. The van der Waals surface area contributed by atoms with Crippen LogP contribution >= 0.6 is 0 Å². The van der Waals surface area contributed by atoms with Crippen molar-refractivity contribution < 1.29 is 24.3 Å². The number of carbonyl (C=O) groups excluding carboxylic acids is 3. The number of aromatic amines is 1. The summed E-state index contributed by atoms with van der Waals surface area (Å²) >= 11 is 0. The first kappa shape index (κ1) is 32.3. The van der Waals surface area contributed by atoms with E-state index in [0.29, 0.717) is 25.0 Å². The first-order valence-corrected chi connectivity index (χ1v) is 12.8. The van der Waals surface area contributed by atoms with Crippen LogP contribution in [0.25, 0.3) is 0 Å². The molecule has 214 valence electrons. The van der Waals surface area contributed by atoms with Crippen molar-refractivity contribution >= 4 is 29.7 Å². The van der Waals surface area contributed by atoms with Crippen LogP contribution in [0.1, 0.15) is 59.1 Å². The van der Waals surface area contributed by atoms with Crippen molar-refractivity contribution in [1.82, 2.24) is 25.9 Å². The van der Waals surface area contributed by atoms with Crippen molar-refractivity contribution in [2.75, 3.05) is 6.54 Å². The summed E-state index contributed by atoms with van der Waals surface area (Å²) < 4.78 is 0. The Labute approximate surface area is 223 Å². The second-order valence-electron chi connectivity index (χ2n) is 9.80. The lowest BCUT2D eigenvalue weighted by atomic mass is 9.98. The van der Waals surface area contributed by atoms with Gasteiger partial charge in [0.05, 0.1) is 12.4 Å². The molecule has 0 radical (unpaired) electrons. The Bertz CT molecular complexity index is 932. The van der Waals surface area contributed by atoms with Gasteiger partial charge in [0.25, 0.3) is 0 Å². The molecule has 0 aliphatic heterocycles. The number of nitrogens with zero attached hydrogens (tertiary/aromatic N) is 2. The number of carboxylic acid groups (broad SMARTS) is 1. The van der Waals surface area contributed by atoms with Crippen LogP contribution < -0.4 is 33.2 Å². The van der Waals surface area contributed by atoms with E-state index in [1.54, 1.807) is 6.92 Å². The predicted octanol–water partition coefficient (Wildman–Crippen LogP) is -1.04. The van der Waals surface area contributed by atoms with Gasteiger partial charge in [0, 0.05) is 24.9 Å². The van der Waals surface area contributed by atoms with Gasteiger partial charge in [-0.3, -0.25) is 19.4 Å². The van der Waals surface area contributed by atoms with Crippen molar-refractivity contribution in [3.05, 3.63) is 18.2 Å². The third-order valence-electron chi connectivity index (χ3n) is 6.03. The fourth-order valence-corrected chi connectivity index (χ4v) is 3.70. The first-order valence-electron chi connectivity index (χ1n) is 12.8. The van der Waals surface area contributed by atoms with Crippen LogP contribution in [-0.4, -0.2) is 75.4 Å². The van der Waals surface area contributed by atoms with E-state index in [0.717, 1.165) is 0 Å². The lowest BCUT2D eigenvalue weighted by Gasteiger charge is -2.26. The lowest BCUT2D eigenvalue weighted by Crippen LogP contribution is -2.58. The number of H-pyrrole nitrogens is 1. The molecule has 0 fully saturated rings. The van der Waals surface area contributed by atoms with Crippen LogP contribution in [0.5, 0.6) is 0 Å². The molecule has 1 aromatic rings. The highest BCUT2D eigenvalue weighted by Crippen LogP contribution is 2.10. The number of aliphatic imine (C=N–C) groups is 1. The van der Waals surface area contributed by atoms with Crippen molar-refractivity contribution in [3.8, 4) is 0 Å². The molecule has 0 spiro atoms. The molecule has 0 aliphatic rings. The molecule has 0 saturated heterocycles. The Hall–Kier alpha value is -3.68. The third-order valence-corrected chi connectivity index (χ3v) is 6.03. The number of hydrogen-bond donors (Lipinski definition) is 8. The summed E-state index contributed by atoms with van der Waals surface area (Å²) in [6, 6.07) is -4.14. The number of hydrogen-bond acceptors (Lipinski definition) is 7. The van der Waals surface area contributed by atoms with Gasteiger partial charge in [0.2, 0.25) is 17.7 Å². The maximum atomic E-state index is 13.3. The minimum Gasteiger partial charge on any atom is -0.480 e. The minimum absolute atomic E-state index is 0.0198. The van der Waals surface area contributed by atoms with Crippen LogP contribution in [0.15, 0.2) is 17.5 Å². The molecule has 5 unspecified atom stereocenters. The van der Waals surface area contributed by atoms with Gasteiger partial charge in [0.1, 0.15) is 18.1 Å². The summed E-state index contributed by atoms with van der Waals surface area (Å²) in [7, 11) is 0. The zero-order valence-corrected chi connectivity index (χ0v) is 22.6. The second-order valence-corrected chi connectivity index (χ2v) is 9.80. The topological polar surface area (TPSA) is 244 Å². The van der Waals surface area contributed by atoms with Crippen molar-refractivity contribution in [2.24, 2.45) is 34.0 Å². The largest absolute Gasteiger partial charge is 0.480 e. The van der Waals surface area contributed by atoms with E-state index in [4.69, 9.17) is 17.2 Å². The zero-order valence-electron chi connectivity index (χ0n) is 22.6. The molecule has 38 heavy (non-hydrogen) atoms. The third kappa shape index (κ3) is 11.6. The highest BCUT2D eigenvalue weighted by molar-refractivity contribution is 5.94. The molecule has 1 heterocycles. The average molecular weight is 538 g/mol. The first-order chi connectivity index (χ1) is 17.8. The van der Waals surface area contributed by atoms with E-state index in [1.165, 1.54) is 12.5 Å². The van der Waals surface area contributed by atoms with E-state index in [2.05, 4.69) is 30.9 Å². The highest BCUT2D eigenvalue weighted by atomic mass is 16.4. The Morgan fingerprint density at radius 1 is 1.05 bits per heavy atom. The second kappa shape index (κ2) is 16.2. The summed E-state index contributed by atoms with van der Waals surface area (Å²) in [6.07, 6.45) is 4.42. The Balaban J connectivity index is 3.12. The fraction of sp³-hybridized carbons (Fsp3) is 0.667. The van der Waals surface area contributed by atoms with Gasteiger partial charge in [-0.15, -0.1) is 0 Å². The van der Waals surface area contributed by atoms with Gasteiger partial charge in [-0.05, 0) is 31.1 Å². The number of amides is 3. The highest BCUT2D eigenvalue weighted by Gasteiger charge is 2.32. The number of aliphatic carboxylic acids is 1. The molecular formula is C24H43N9O5. The summed E-state index contributed by atoms with van der Waals surface area (Å²) in [4.78, 5) is 61.6. The Morgan fingerprint density at radius 3 is 2.21 bits per heavy atom. The Morgan fingerprint density at radius 2 is 1.68 bits per heavy atom. The monoisotopic (exact) mass is 537 g/mol. The minimum atomic E-state index is -1.18. The molecule has 0 aliphatic carbocycles.